The van der Waals surface area contributed by atoms with E-state index in [1.54, 1.807) is 31.3 Å². The van der Waals surface area contributed by atoms with Gasteiger partial charge in [0.1, 0.15) is 0 Å². The van der Waals surface area contributed by atoms with Crippen LogP contribution in [0.15, 0.2) is 52.5 Å². The first-order valence-electron chi connectivity index (χ1n) is 8.76. The average Bonchev–Trinajstić information content (AvgIpc) is 3.12. The molecule has 0 aliphatic carbocycles. The van der Waals surface area contributed by atoms with Gasteiger partial charge < -0.3 is 4.74 Å². The third-order valence-electron chi connectivity index (χ3n) is 4.16. The van der Waals surface area contributed by atoms with E-state index < -0.39 is 17.0 Å². The number of ether oxygens (including phenoxy) is 1. The Morgan fingerprint density at radius 2 is 1.83 bits per heavy atom. The highest BCUT2D eigenvalue weighted by atomic mass is 32.2. The molecule has 30 heavy (non-hydrogen) atoms. The van der Waals surface area contributed by atoms with Crippen molar-refractivity contribution in [3.63, 3.8) is 0 Å². The standard InChI is InChI=1S/C19H17N5O5S/c1-11-4-6-13(7-5-11)17(25)12(2)29-18(26)14-8-9-16(15(10-14)24(27)28)30-19-20-21-22-23(19)3/h4-10,12H,1-3H3/t12-/m1/s1. The molecule has 0 aliphatic heterocycles. The van der Waals surface area contributed by atoms with Gasteiger partial charge in [-0.1, -0.05) is 29.8 Å². The van der Waals surface area contributed by atoms with Crippen molar-refractivity contribution in [2.24, 2.45) is 7.05 Å². The number of carbonyl (C=O) groups excluding carboxylic acids is 2. The Balaban J connectivity index is 1.77. The fraction of sp³-hybridized carbons (Fsp3) is 0.211. The maximum absolute atomic E-state index is 12.5. The predicted octanol–water partition coefficient (Wildman–Crippen LogP) is 3.01. The summed E-state index contributed by atoms with van der Waals surface area (Å²) in [5, 5.41) is 22.8. The molecule has 0 saturated heterocycles. The first-order chi connectivity index (χ1) is 14.3. The summed E-state index contributed by atoms with van der Waals surface area (Å²) in [6.07, 6.45) is -1.04. The number of nitrogens with zero attached hydrogens (tertiary/aromatic N) is 5. The number of aromatic nitrogens is 4. The number of nitro benzene ring substituents is 1. The molecule has 3 rings (SSSR count). The summed E-state index contributed by atoms with van der Waals surface area (Å²) >= 11 is 0.992. The van der Waals surface area contributed by atoms with Gasteiger partial charge >= 0.3 is 5.97 Å². The molecule has 10 nitrogen and oxygen atoms in total. The van der Waals surface area contributed by atoms with E-state index in [0.717, 1.165) is 23.4 Å². The lowest BCUT2D eigenvalue weighted by atomic mass is 10.1. The van der Waals surface area contributed by atoms with E-state index in [-0.39, 0.29) is 21.9 Å². The second-order valence-electron chi connectivity index (χ2n) is 6.40. The van der Waals surface area contributed by atoms with Crippen molar-refractivity contribution in [1.82, 2.24) is 20.2 Å². The van der Waals surface area contributed by atoms with Crippen LogP contribution in [0.4, 0.5) is 5.69 Å². The molecule has 0 unspecified atom stereocenters. The Morgan fingerprint density at radius 1 is 1.17 bits per heavy atom. The van der Waals surface area contributed by atoms with Gasteiger partial charge in [0.25, 0.3) is 5.69 Å². The number of hydrogen-bond donors (Lipinski definition) is 0. The lowest BCUT2D eigenvalue weighted by Crippen LogP contribution is -2.24. The highest BCUT2D eigenvalue weighted by Gasteiger charge is 2.24. The van der Waals surface area contributed by atoms with Crippen LogP contribution in [0.5, 0.6) is 0 Å². The van der Waals surface area contributed by atoms with Crippen LogP contribution in [0, 0.1) is 17.0 Å². The maximum atomic E-state index is 12.5. The largest absolute Gasteiger partial charge is 0.451 e. The van der Waals surface area contributed by atoms with E-state index in [1.807, 2.05) is 6.92 Å². The number of hydrogen-bond acceptors (Lipinski definition) is 9. The van der Waals surface area contributed by atoms with Gasteiger partial charge in [-0.3, -0.25) is 14.9 Å². The third-order valence-corrected chi connectivity index (χ3v) is 5.26. The van der Waals surface area contributed by atoms with Gasteiger partial charge in [-0.05, 0) is 48.2 Å². The Kier molecular flexibility index (Phi) is 6.21. The summed E-state index contributed by atoms with van der Waals surface area (Å²) in [4.78, 5) is 36.0. The zero-order valence-corrected chi connectivity index (χ0v) is 17.1. The van der Waals surface area contributed by atoms with Gasteiger partial charge in [-0.15, -0.1) is 5.10 Å². The summed E-state index contributed by atoms with van der Waals surface area (Å²) < 4.78 is 6.60. The number of Topliss-reactive ketones (excluding diaryl/α,β-unsaturated/α-hetero) is 1. The van der Waals surface area contributed by atoms with Crippen LogP contribution >= 0.6 is 11.8 Å². The van der Waals surface area contributed by atoms with Gasteiger partial charge in [0.05, 0.1) is 15.4 Å². The second-order valence-corrected chi connectivity index (χ2v) is 7.41. The molecule has 0 amide bonds. The molecule has 11 heteroatoms. The van der Waals surface area contributed by atoms with Crippen LogP contribution < -0.4 is 0 Å². The molecule has 0 spiro atoms. The van der Waals surface area contributed by atoms with Crippen LogP contribution in [-0.4, -0.2) is 43.0 Å². The molecule has 1 aromatic heterocycles. The number of nitro groups is 1. The minimum atomic E-state index is -1.04. The first-order valence-corrected chi connectivity index (χ1v) is 9.58. The summed E-state index contributed by atoms with van der Waals surface area (Å²) in [7, 11) is 1.60. The molecule has 0 bridgehead atoms. The van der Waals surface area contributed by atoms with E-state index in [1.165, 1.54) is 23.7 Å². The number of rotatable bonds is 7. The van der Waals surface area contributed by atoms with Gasteiger partial charge in [-0.2, -0.15) is 0 Å². The number of esters is 1. The van der Waals surface area contributed by atoms with Crippen molar-refractivity contribution in [2.75, 3.05) is 0 Å². The van der Waals surface area contributed by atoms with Crippen molar-refractivity contribution < 1.29 is 19.2 Å². The lowest BCUT2D eigenvalue weighted by Gasteiger charge is -2.13. The monoisotopic (exact) mass is 427 g/mol. The van der Waals surface area contributed by atoms with Crippen LogP contribution in [0.2, 0.25) is 0 Å². The van der Waals surface area contributed by atoms with Gasteiger partial charge in [0, 0.05) is 18.7 Å². The molecule has 3 aromatic rings. The Hall–Kier alpha value is -3.60. The van der Waals surface area contributed by atoms with Crippen molar-refractivity contribution in [3.8, 4) is 0 Å². The SMILES string of the molecule is Cc1ccc(C(=O)[C@@H](C)OC(=O)c2ccc(Sc3nnnn3C)c([N+](=O)[O-])c2)cc1. The highest BCUT2D eigenvalue weighted by molar-refractivity contribution is 7.99. The Morgan fingerprint density at radius 3 is 2.43 bits per heavy atom. The van der Waals surface area contributed by atoms with E-state index >= 15 is 0 Å². The molecule has 1 atom stereocenters. The summed E-state index contributed by atoms with van der Waals surface area (Å²) in [6.45, 7) is 3.35. The fourth-order valence-corrected chi connectivity index (χ4v) is 3.33. The number of carbonyl (C=O) groups is 2. The molecular weight excluding hydrogens is 410 g/mol. The van der Waals surface area contributed by atoms with E-state index in [0.29, 0.717) is 10.7 Å². The van der Waals surface area contributed by atoms with Gasteiger partial charge in [0.2, 0.25) is 10.9 Å². The first kappa shape index (κ1) is 21.1. The minimum Gasteiger partial charge on any atom is -0.451 e. The van der Waals surface area contributed by atoms with Gasteiger partial charge in [-0.25, -0.2) is 9.48 Å². The quantitative estimate of drug-likeness (QED) is 0.242. The average molecular weight is 427 g/mol. The van der Waals surface area contributed by atoms with Crippen LogP contribution in [-0.2, 0) is 11.8 Å². The number of tetrazole rings is 1. The zero-order valence-electron chi connectivity index (χ0n) is 16.3. The van der Waals surface area contributed by atoms with Gasteiger partial charge in [0.15, 0.2) is 6.10 Å². The van der Waals surface area contributed by atoms with Crippen LogP contribution in [0.25, 0.3) is 0 Å². The lowest BCUT2D eigenvalue weighted by molar-refractivity contribution is -0.387. The van der Waals surface area contributed by atoms with Crippen molar-refractivity contribution >= 4 is 29.2 Å². The molecule has 2 aromatic carbocycles. The van der Waals surface area contributed by atoms with E-state index in [4.69, 9.17) is 4.74 Å². The van der Waals surface area contributed by atoms with Crippen LogP contribution in [0.3, 0.4) is 0 Å². The van der Waals surface area contributed by atoms with E-state index in [2.05, 4.69) is 15.5 Å². The van der Waals surface area contributed by atoms with Crippen molar-refractivity contribution in [3.05, 3.63) is 69.3 Å². The molecule has 0 N–H and O–H groups in total. The molecule has 0 saturated carbocycles. The normalized spacial score (nSPS) is 11.7. The molecular formula is C19H17N5O5S. The molecule has 0 aliphatic rings. The molecule has 0 radical (unpaired) electrons. The predicted molar refractivity (Wildman–Crippen MR) is 106 cm³/mol. The number of benzene rings is 2. The Labute approximate surface area is 175 Å². The second kappa shape index (κ2) is 8.82. The highest BCUT2D eigenvalue weighted by Crippen LogP contribution is 2.34. The Bertz CT molecular complexity index is 1110. The molecule has 0 fully saturated rings. The maximum Gasteiger partial charge on any atom is 0.339 e. The zero-order chi connectivity index (χ0) is 21.8. The number of ketones is 1. The third kappa shape index (κ3) is 4.69. The number of aryl methyl sites for hydroxylation is 2. The van der Waals surface area contributed by atoms with Crippen molar-refractivity contribution in [1.29, 1.82) is 0 Å². The topological polar surface area (TPSA) is 130 Å². The molecule has 154 valence electrons. The van der Waals surface area contributed by atoms with Crippen molar-refractivity contribution in [2.45, 2.75) is 30.0 Å². The molecule has 1 heterocycles. The summed E-state index contributed by atoms with van der Waals surface area (Å²) in [5.74, 6) is -1.19. The smallest absolute Gasteiger partial charge is 0.339 e. The van der Waals surface area contributed by atoms with Crippen LogP contribution in [0.1, 0.15) is 33.2 Å². The summed E-state index contributed by atoms with van der Waals surface area (Å²) in [5.41, 5.74) is 1.08. The van der Waals surface area contributed by atoms with E-state index in [9.17, 15) is 19.7 Å². The summed E-state index contributed by atoms with van der Waals surface area (Å²) in [6, 6.07) is 10.8. The fourth-order valence-electron chi connectivity index (χ4n) is 2.51. The minimum absolute atomic E-state index is 0.0364.